The third-order valence-corrected chi connectivity index (χ3v) is 3.77. The number of hydrogen-bond acceptors (Lipinski definition) is 3. The summed E-state index contributed by atoms with van der Waals surface area (Å²) < 4.78 is 5.31. The minimum Gasteiger partial charge on any atom is -0.391 e. The van der Waals surface area contributed by atoms with Crippen molar-refractivity contribution in [3.05, 3.63) is 0 Å². The molecule has 3 N–H and O–H groups in total. The summed E-state index contributed by atoms with van der Waals surface area (Å²) in [6, 6.07) is 0. The van der Waals surface area contributed by atoms with Crippen molar-refractivity contribution < 1.29 is 9.53 Å². The van der Waals surface area contributed by atoms with E-state index in [1.807, 2.05) is 6.92 Å². The molecular formula is C13H24N2O2S. The molecule has 0 radical (unpaired) electrons. The number of carbonyl (C=O) groups is 1. The van der Waals surface area contributed by atoms with Gasteiger partial charge in [-0.1, -0.05) is 38.4 Å². The van der Waals surface area contributed by atoms with Gasteiger partial charge in [-0.15, -0.1) is 0 Å². The van der Waals surface area contributed by atoms with Gasteiger partial charge in [0.1, 0.15) is 0 Å². The Morgan fingerprint density at radius 3 is 2.56 bits per heavy atom. The third kappa shape index (κ3) is 4.53. The highest BCUT2D eigenvalue weighted by molar-refractivity contribution is 7.80. The first-order valence-electron chi connectivity index (χ1n) is 6.79. The monoisotopic (exact) mass is 272 g/mol. The minimum absolute atomic E-state index is 0.0131. The molecule has 0 bridgehead atoms. The van der Waals surface area contributed by atoms with E-state index in [-0.39, 0.29) is 5.91 Å². The molecule has 1 aliphatic carbocycles. The highest BCUT2D eigenvalue weighted by atomic mass is 32.1. The molecule has 1 aliphatic rings. The maximum absolute atomic E-state index is 11.9. The van der Waals surface area contributed by atoms with Crippen LogP contribution in [0.15, 0.2) is 0 Å². The second-order valence-corrected chi connectivity index (χ2v) is 5.36. The van der Waals surface area contributed by atoms with Crippen molar-refractivity contribution in [1.29, 1.82) is 0 Å². The van der Waals surface area contributed by atoms with Crippen LogP contribution in [-0.4, -0.2) is 29.6 Å². The van der Waals surface area contributed by atoms with E-state index in [2.05, 4.69) is 5.32 Å². The Hall–Kier alpha value is -0.680. The van der Waals surface area contributed by atoms with E-state index in [4.69, 9.17) is 22.7 Å². The Labute approximate surface area is 115 Å². The van der Waals surface area contributed by atoms with Crippen LogP contribution in [0.3, 0.4) is 0 Å². The first-order chi connectivity index (χ1) is 8.60. The standard InChI is InChI=1S/C13H24N2O2S/c1-2-9-17-10-6-11(16)15-13(12(14)18)7-4-3-5-8-13/h2-10H2,1H3,(H2,14,18)(H,15,16). The van der Waals surface area contributed by atoms with Crippen LogP contribution in [0.1, 0.15) is 51.9 Å². The second kappa shape index (κ2) is 7.69. The SMILES string of the molecule is CCCOCCC(=O)NC1(C(N)=S)CCCCC1. The quantitative estimate of drug-likeness (QED) is 0.549. The van der Waals surface area contributed by atoms with Crippen LogP contribution in [0.25, 0.3) is 0 Å². The van der Waals surface area contributed by atoms with Crippen LogP contribution in [0.4, 0.5) is 0 Å². The lowest BCUT2D eigenvalue weighted by molar-refractivity contribution is -0.123. The maximum atomic E-state index is 11.9. The average molecular weight is 272 g/mol. The number of nitrogens with one attached hydrogen (secondary N) is 1. The molecular weight excluding hydrogens is 248 g/mol. The van der Waals surface area contributed by atoms with Crippen molar-refractivity contribution >= 4 is 23.1 Å². The number of ether oxygens (including phenoxy) is 1. The molecule has 0 saturated heterocycles. The maximum Gasteiger partial charge on any atom is 0.223 e. The van der Waals surface area contributed by atoms with Crippen molar-refractivity contribution in [2.24, 2.45) is 5.73 Å². The first kappa shape index (κ1) is 15.4. The molecule has 0 heterocycles. The number of nitrogens with two attached hydrogens (primary N) is 1. The van der Waals surface area contributed by atoms with Crippen LogP contribution < -0.4 is 11.1 Å². The Kier molecular flexibility index (Phi) is 6.57. The molecule has 0 spiro atoms. The van der Waals surface area contributed by atoms with Crippen molar-refractivity contribution in [3.8, 4) is 0 Å². The lowest BCUT2D eigenvalue weighted by Gasteiger charge is -2.37. The van der Waals surface area contributed by atoms with Crippen LogP contribution in [0, 0.1) is 0 Å². The van der Waals surface area contributed by atoms with E-state index in [1.54, 1.807) is 0 Å². The fourth-order valence-corrected chi connectivity index (χ4v) is 2.58. The van der Waals surface area contributed by atoms with Gasteiger partial charge in [0.05, 0.1) is 17.1 Å². The molecule has 0 aromatic heterocycles. The molecule has 1 amide bonds. The molecule has 5 heteroatoms. The van der Waals surface area contributed by atoms with Gasteiger partial charge in [0.15, 0.2) is 0 Å². The molecule has 0 aromatic rings. The number of amides is 1. The lowest BCUT2D eigenvalue weighted by atomic mass is 9.81. The second-order valence-electron chi connectivity index (χ2n) is 4.92. The van der Waals surface area contributed by atoms with Gasteiger partial charge < -0.3 is 15.8 Å². The molecule has 104 valence electrons. The van der Waals surface area contributed by atoms with Crippen molar-refractivity contribution in [3.63, 3.8) is 0 Å². The van der Waals surface area contributed by atoms with E-state index in [0.29, 0.717) is 24.6 Å². The summed E-state index contributed by atoms with van der Waals surface area (Å²) in [5.41, 5.74) is 5.36. The Balaban J connectivity index is 2.41. The lowest BCUT2D eigenvalue weighted by Crippen LogP contribution is -2.57. The Morgan fingerprint density at radius 1 is 1.33 bits per heavy atom. The van der Waals surface area contributed by atoms with E-state index in [0.717, 1.165) is 32.1 Å². The molecule has 1 saturated carbocycles. The van der Waals surface area contributed by atoms with Gasteiger partial charge in [0.25, 0.3) is 0 Å². The largest absolute Gasteiger partial charge is 0.391 e. The van der Waals surface area contributed by atoms with E-state index >= 15 is 0 Å². The van der Waals surface area contributed by atoms with Gasteiger partial charge >= 0.3 is 0 Å². The molecule has 1 rings (SSSR count). The topological polar surface area (TPSA) is 64.3 Å². The highest BCUT2D eigenvalue weighted by Gasteiger charge is 2.36. The molecule has 4 nitrogen and oxygen atoms in total. The number of hydrogen-bond donors (Lipinski definition) is 2. The highest BCUT2D eigenvalue weighted by Crippen LogP contribution is 2.28. The molecule has 0 aromatic carbocycles. The molecule has 0 aliphatic heterocycles. The molecule has 18 heavy (non-hydrogen) atoms. The van der Waals surface area contributed by atoms with Gasteiger partial charge in [0, 0.05) is 13.0 Å². The van der Waals surface area contributed by atoms with Gasteiger partial charge in [-0.2, -0.15) is 0 Å². The number of thiocarbonyl (C=S) groups is 1. The summed E-state index contributed by atoms with van der Waals surface area (Å²) in [7, 11) is 0. The van der Waals surface area contributed by atoms with E-state index < -0.39 is 5.54 Å². The number of carbonyl (C=O) groups excluding carboxylic acids is 1. The summed E-state index contributed by atoms with van der Waals surface area (Å²) in [5.74, 6) is -0.0131. The molecule has 0 unspecified atom stereocenters. The zero-order valence-corrected chi connectivity index (χ0v) is 12.0. The zero-order chi connectivity index (χ0) is 13.4. The van der Waals surface area contributed by atoms with Gasteiger partial charge in [0.2, 0.25) is 5.91 Å². The van der Waals surface area contributed by atoms with Gasteiger partial charge in [-0.05, 0) is 19.3 Å². The summed E-state index contributed by atoms with van der Waals surface area (Å²) in [6.07, 6.45) is 6.42. The average Bonchev–Trinajstić information content (AvgIpc) is 2.35. The smallest absolute Gasteiger partial charge is 0.223 e. The van der Waals surface area contributed by atoms with E-state index in [1.165, 1.54) is 6.42 Å². The minimum atomic E-state index is -0.449. The fourth-order valence-electron chi connectivity index (χ4n) is 2.33. The van der Waals surface area contributed by atoms with Crippen LogP contribution in [-0.2, 0) is 9.53 Å². The summed E-state index contributed by atoms with van der Waals surface area (Å²) in [5, 5.41) is 3.02. The van der Waals surface area contributed by atoms with Crippen molar-refractivity contribution in [2.45, 2.75) is 57.4 Å². The normalized spacial score (nSPS) is 18.3. The van der Waals surface area contributed by atoms with Crippen LogP contribution >= 0.6 is 12.2 Å². The third-order valence-electron chi connectivity index (χ3n) is 3.38. The molecule has 0 atom stereocenters. The van der Waals surface area contributed by atoms with E-state index in [9.17, 15) is 4.79 Å². The Morgan fingerprint density at radius 2 is 2.00 bits per heavy atom. The fraction of sp³-hybridized carbons (Fsp3) is 0.846. The summed E-state index contributed by atoms with van der Waals surface area (Å²) in [4.78, 5) is 12.3. The Bertz CT molecular complexity index is 289. The first-order valence-corrected chi connectivity index (χ1v) is 7.20. The predicted molar refractivity (Wildman–Crippen MR) is 76.5 cm³/mol. The van der Waals surface area contributed by atoms with Crippen molar-refractivity contribution in [2.75, 3.05) is 13.2 Å². The van der Waals surface area contributed by atoms with Gasteiger partial charge in [-0.25, -0.2) is 0 Å². The number of rotatable bonds is 7. The summed E-state index contributed by atoms with van der Waals surface area (Å²) >= 11 is 5.13. The summed E-state index contributed by atoms with van der Waals surface area (Å²) in [6.45, 7) is 3.21. The predicted octanol–water partition coefficient (Wildman–Crippen LogP) is 1.91. The van der Waals surface area contributed by atoms with Crippen LogP contribution in [0.2, 0.25) is 0 Å². The van der Waals surface area contributed by atoms with Gasteiger partial charge in [-0.3, -0.25) is 4.79 Å². The van der Waals surface area contributed by atoms with Crippen LogP contribution in [0.5, 0.6) is 0 Å². The molecule has 1 fully saturated rings. The van der Waals surface area contributed by atoms with Crippen molar-refractivity contribution in [1.82, 2.24) is 5.32 Å². The zero-order valence-electron chi connectivity index (χ0n) is 11.2.